The van der Waals surface area contributed by atoms with Crippen molar-refractivity contribution in [1.82, 2.24) is 9.97 Å². The van der Waals surface area contributed by atoms with Crippen LogP contribution in [0.4, 0.5) is 11.6 Å². The second kappa shape index (κ2) is 5.62. The molecular weight excluding hydrogens is 208 g/mol. The predicted molar refractivity (Wildman–Crippen MR) is 60.6 cm³/mol. The number of nitrogens with zero attached hydrogens (tertiary/aromatic N) is 2. The molecule has 1 aromatic rings. The summed E-state index contributed by atoms with van der Waals surface area (Å²) >= 11 is 0. The van der Waals surface area contributed by atoms with Crippen LogP contribution in [0.15, 0.2) is 12.4 Å². The number of hydrogen-bond donors (Lipinski definition) is 2. The van der Waals surface area contributed by atoms with E-state index < -0.39 is 0 Å². The smallest absolute Gasteiger partial charge is 0.147 e. The average Bonchev–Trinajstić information content (AvgIpc) is 2.38. The molecule has 2 heterocycles. The van der Waals surface area contributed by atoms with Gasteiger partial charge in [-0.1, -0.05) is 0 Å². The summed E-state index contributed by atoms with van der Waals surface area (Å²) in [5.74, 6) is 1.48. The molecule has 6 heteroatoms. The van der Waals surface area contributed by atoms with E-state index in [1.54, 1.807) is 12.4 Å². The minimum absolute atomic E-state index is 0.0915. The van der Waals surface area contributed by atoms with Crippen molar-refractivity contribution < 1.29 is 9.47 Å². The van der Waals surface area contributed by atoms with Gasteiger partial charge in [-0.15, -0.1) is 0 Å². The Hall–Kier alpha value is -1.40. The highest BCUT2D eigenvalue weighted by atomic mass is 16.6. The third-order valence-corrected chi connectivity index (χ3v) is 2.29. The molecule has 0 aliphatic carbocycles. The molecule has 16 heavy (non-hydrogen) atoms. The van der Waals surface area contributed by atoms with E-state index in [4.69, 9.17) is 9.47 Å². The van der Waals surface area contributed by atoms with E-state index in [-0.39, 0.29) is 6.10 Å². The van der Waals surface area contributed by atoms with Crippen molar-refractivity contribution in [3.63, 3.8) is 0 Å². The van der Waals surface area contributed by atoms with Crippen molar-refractivity contribution in [2.24, 2.45) is 0 Å². The lowest BCUT2D eigenvalue weighted by atomic mass is 10.3. The van der Waals surface area contributed by atoms with E-state index in [1.165, 1.54) is 0 Å². The summed E-state index contributed by atoms with van der Waals surface area (Å²) in [4.78, 5) is 8.35. The predicted octanol–water partition coefficient (Wildman–Crippen LogP) is 0.346. The Morgan fingerprint density at radius 1 is 1.38 bits per heavy atom. The Kier molecular flexibility index (Phi) is 3.90. The van der Waals surface area contributed by atoms with Crippen molar-refractivity contribution >= 4 is 11.6 Å². The Morgan fingerprint density at radius 3 is 3.00 bits per heavy atom. The van der Waals surface area contributed by atoms with Crippen molar-refractivity contribution in [3.8, 4) is 0 Å². The standard InChI is InChI=1S/C10H16N4O2/c1-11-9-5-12-6-10(14-9)13-4-8-7-15-2-3-16-8/h5-6,8H,2-4,7H2,1H3,(H2,11,13,14). The number of anilines is 2. The van der Waals surface area contributed by atoms with Gasteiger partial charge in [0.05, 0.1) is 38.3 Å². The fourth-order valence-corrected chi connectivity index (χ4v) is 1.44. The summed E-state index contributed by atoms with van der Waals surface area (Å²) in [5, 5.41) is 6.11. The molecule has 1 aliphatic rings. The van der Waals surface area contributed by atoms with Crippen LogP contribution in [0.1, 0.15) is 0 Å². The highest BCUT2D eigenvalue weighted by Crippen LogP contribution is 2.07. The Morgan fingerprint density at radius 2 is 2.25 bits per heavy atom. The van der Waals surface area contributed by atoms with E-state index in [9.17, 15) is 0 Å². The highest BCUT2D eigenvalue weighted by Gasteiger charge is 2.13. The van der Waals surface area contributed by atoms with Gasteiger partial charge >= 0.3 is 0 Å². The fourth-order valence-electron chi connectivity index (χ4n) is 1.44. The van der Waals surface area contributed by atoms with Crippen LogP contribution in [0.3, 0.4) is 0 Å². The van der Waals surface area contributed by atoms with Gasteiger partial charge in [0.15, 0.2) is 0 Å². The van der Waals surface area contributed by atoms with Gasteiger partial charge in [-0.2, -0.15) is 0 Å². The Balaban J connectivity index is 1.83. The van der Waals surface area contributed by atoms with Gasteiger partial charge in [0.25, 0.3) is 0 Å². The van der Waals surface area contributed by atoms with Crippen LogP contribution in [0, 0.1) is 0 Å². The van der Waals surface area contributed by atoms with Crippen LogP contribution in [-0.4, -0.2) is 49.5 Å². The Bertz CT molecular complexity index is 328. The molecule has 0 aromatic carbocycles. The average molecular weight is 224 g/mol. The highest BCUT2D eigenvalue weighted by molar-refractivity contribution is 5.40. The first kappa shape index (κ1) is 11.1. The van der Waals surface area contributed by atoms with Crippen LogP contribution in [0.2, 0.25) is 0 Å². The summed E-state index contributed by atoms with van der Waals surface area (Å²) < 4.78 is 10.8. The first-order chi connectivity index (χ1) is 7.88. The summed E-state index contributed by atoms with van der Waals surface area (Å²) in [6.07, 6.45) is 3.45. The maximum atomic E-state index is 5.50. The topological polar surface area (TPSA) is 68.3 Å². The molecule has 1 unspecified atom stereocenters. The number of nitrogens with one attached hydrogen (secondary N) is 2. The van der Waals surface area contributed by atoms with Crippen molar-refractivity contribution in [3.05, 3.63) is 12.4 Å². The zero-order valence-electron chi connectivity index (χ0n) is 9.27. The largest absolute Gasteiger partial charge is 0.376 e. The van der Waals surface area contributed by atoms with Gasteiger partial charge in [0.1, 0.15) is 11.6 Å². The maximum absolute atomic E-state index is 5.50. The minimum atomic E-state index is 0.0915. The SMILES string of the molecule is CNc1cncc(NCC2COCCO2)n1. The molecule has 6 nitrogen and oxygen atoms in total. The molecular formula is C10H16N4O2. The van der Waals surface area contributed by atoms with Gasteiger partial charge in [0, 0.05) is 13.6 Å². The number of aromatic nitrogens is 2. The van der Waals surface area contributed by atoms with Crippen LogP contribution in [0.25, 0.3) is 0 Å². The van der Waals surface area contributed by atoms with Crippen molar-refractivity contribution in [2.45, 2.75) is 6.10 Å². The van der Waals surface area contributed by atoms with Crippen LogP contribution < -0.4 is 10.6 Å². The molecule has 1 fully saturated rings. The van der Waals surface area contributed by atoms with Crippen LogP contribution in [0.5, 0.6) is 0 Å². The fraction of sp³-hybridized carbons (Fsp3) is 0.600. The lowest BCUT2D eigenvalue weighted by Crippen LogP contribution is -2.34. The zero-order chi connectivity index (χ0) is 11.2. The minimum Gasteiger partial charge on any atom is -0.376 e. The van der Waals surface area contributed by atoms with Crippen LogP contribution in [-0.2, 0) is 9.47 Å². The maximum Gasteiger partial charge on any atom is 0.147 e. The third-order valence-electron chi connectivity index (χ3n) is 2.29. The molecule has 88 valence electrons. The summed E-state index contributed by atoms with van der Waals surface area (Å²) in [6, 6.07) is 0. The molecule has 0 bridgehead atoms. The van der Waals surface area contributed by atoms with Gasteiger partial charge in [-0.25, -0.2) is 4.98 Å². The lowest BCUT2D eigenvalue weighted by molar-refractivity contribution is -0.0819. The van der Waals surface area contributed by atoms with Crippen molar-refractivity contribution in [2.75, 3.05) is 44.0 Å². The van der Waals surface area contributed by atoms with Gasteiger partial charge in [-0.3, -0.25) is 4.98 Å². The van der Waals surface area contributed by atoms with E-state index in [1.807, 2.05) is 7.05 Å². The van der Waals surface area contributed by atoms with Gasteiger partial charge < -0.3 is 20.1 Å². The molecule has 2 N–H and O–H groups in total. The number of rotatable bonds is 4. The molecule has 0 spiro atoms. The number of ether oxygens (including phenoxy) is 2. The first-order valence-corrected chi connectivity index (χ1v) is 5.31. The molecule has 1 aliphatic heterocycles. The normalized spacial score (nSPS) is 20.4. The zero-order valence-corrected chi connectivity index (χ0v) is 9.27. The summed E-state index contributed by atoms with van der Waals surface area (Å²) in [7, 11) is 1.81. The number of hydrogen-bond acceptors (Lipinski definition) is 6. The molecule has 1 atom stereocenters. The summed E-state index contributed by atoms with van der Waals surface area (Å²) in [6.45, 7) is 2.66. The Labute approximate surface area is 94.4 Å². The van der Waals surface area contributed by atoms with Gasteiger partial charge in [0.2, 0.25) is 0 Å². The second-order valence-corrected chi connectivity index (χ2v) is 3.49. The van der Waals surface area contributed by atoms with Crippen LogP contribution >= 0.6 is 0 Å². The molecule has 0 radical (unpaired) electrons. The van der Waals surface area contributed by atoms with Crippen molar-refractivity contribution in [1.29, 1.82) is 0 Å². The molecule has 0 saturated carbocycles. The second-order valence-electron chi connectivity index (χ2n) is 3.49. The summed E-state index contributed by atoms with van der Waals surface area (Å²) in [5.41, 5.74) is 0. The third kappa shape index (κ3) is 3.04. The molecule has 1 saturated heterocycles. The molecule has 0 amide bonds. The first-order valence-electron chi connectivity index (χ1n) is 5.31. The van der Waals surface area contributed by atoms with Gasteiger partial charge in [-0.05, 0) is 0 Å². The quantitative estimate of drug-likeness (QED) is 0.769. The molecule has 1 aromatic heterocycles. The lowest BCUT2D eigenvalue weighted by Gasteiger charge is -2.23. The molecule has 2 rings (SSSR count). The monoisotopic (exact) mass is 224 g/mol. The van der Waals surface area contributed by atoms with E-state index in [2.05, 4.69) is 20.6 Å². The van der Waals surface area contributed by atoms with E-state index in [0.717, 1.165) is 11.6 Å². The van der Waals surface area contributed by atoms with E-state index in [0.29, 0.717) is 26.4 Å². The van der Waals surface area contributed by atoms with E-state index >= 15 is 0 Å².